The van der Waals surface area contributed by atoms with Gasteiger partial charge in [-0.05, 0) is 43.2 Å². The van der Waals surface area contributed by atoms with Gasteiger partial charge in [-0.3, -0.25) is 10.1 Å². The molecular formula is C17H15N3O3S. The molecule has 0 fully saturated rings. The highest BCUT2D eigenvalue weighted by Crippen LogP contribution is 2.27. The molecule has 1 heterocycles. The van der Waals surface area contributed by atoms with Crippen LogP contribution in [0, 0.1) is 13.8 Å². The molecule has 0 bridgehead atoms. The van der Waals surface area contributed by atoms with E-state index in [4.69, 9.17) is 5.11 Å². The minimum Gasteiger partial charge on any atom is -0.465 e. The number of hydrogen-bond acceptors (Lipinski definition) is 4. The van der Waals surface area contributed by atoms with E-state index < -0.39 is 6.09 Å². The van der Waals surface area contributed by atoms with E-state index in [0.717, 1.165) is 21.5 Å². The van der Waals surface area contributed by atoms with Crippen molar-refractivity contribution in [3.8, 4) is 0 Å². The molecular weight excluding hydrogens is 326 g/mol. The molecule has 1 aromatic heterocycles. The Kier molecular flexibility index (Phi) is 4.18. The third-order valence-corrected chi connectivity index (χ3v) is 4.52. The van der Waals surface area contributed by atoms with E-state index in [2.05, 4.69) is 15.6 Å². The molecule has 0 saturated carbocycles. The Morgan fingerprint density at radius 2 is 1.79 bits per heavy atom. The smallest absolute Gasteiger partial charge is 0.410 e. The van der Waals surface area contributed by atoms with Crippen LogP contribution in [0.5, 0.6) is 0 Å². The van der Waals surface area contributed by atoms with Crippen LogP contribution < -0.4 is 10.6 Å². The summed E-state index contributed by atoms with van der Waals surface area (Å²) in [7, 11) is 0. The Morgan fingerprint density at radius 3 is 2.46 bits per heavy atom. The molecule has 0 unspecified atom stereocenters. The zero-order chi connectivity index (χ0) is 17.3. The van der Waals surface area contributed by atoms with Gasteiger partial charge in [0.15, 0.2) is 5.13 Å². The molecule has 7 heteroatoms. The van der Waals surface area contributed by atoms with Gasteiger partial charge in [-0.1, -0.05) is 29.5 Å². The van der Waals surface area contributed by atoms with Crippen LogP contribution in [0.1, 0.15) is 21.5 Å². The van der Waals surface area contributed by atoms with Crippen LogP contribution in [0.15, 0.2) is 36.4 Å². The van der Waals surface area contributed by atoms with Crippen molar-refractivity contribution in [1.29, 1.82) is 0 Å². The molecule has 2 amide bonds. The molecule has 0 aliphatic rings. The largest absolute Gasteiger partial charge is 0.465 e. The van der Waals surface area contributed by atoms with Gasteiger partial charge < -0.3 is 10.4 Å². The Labute approximate surface area is 142 Å². The maximum Gasteiger partial charge on any atom is 0.410 e. The summed E-state index contributed by atoms with van der Waals surface area (Å²) in [6, 6.07) is 10.9. The van der Waals surface area contributed by atoms with Gasteiger partial charge in [0.25, 0.3) is 5.91 Å². The van der Waals surface area contributed by atoms with E-state index in [1.54, 1.807) is 18.2 Å². The van der Waals surface area contributed by atoms with Crippen LogP contribution in [-0.4, -0.2) is 22.1 Å². The number of nitrogens with one attached hydrogen (secondary N) is 2. The zero-order valence-electron chi connectivity index (χ0n) is 13.1. The lowest BCUT2D eigenvalue weighted by Gasteiger charge is -2.11. The van der Waals surface area contributed by atoms with Crippen molar-refractivity contribution in [3.05, 3.63) is 53.1 Å². The Hall–Kier alpha value is -2.93. The summed E-state index contributed by atoms with van der Waals surface area (Å²) in [6.07, 6.45) is -1.16. The molecule has 0 spiro atoms. The van der Waals surface area contributed by atoms with Crippen molar-refractivity contribution in [2.75, 3.05) is 10.6 Å². The first-order valence-electron chi connectivity index (χ1n) is 7.22. The number of anilines is 2. The normalized spacial score (nSPS) is 10.6. The Bertz CT molecular complexity index is 929. The van der Waals surface area contributed by atoms with Crippen LogP contribution in [0.25, 0.3) is 10.2 Å². The summed E-state index contributed by atoms with van der Waals surface area (Å²) in [5, 5.41) is 14.2. The van der Waals surface area contributed by atoms with Gasteiger partial charge in [0.1, 0.15) is 0 Å². The van der Waals surface area contributed by atoms with E-state index in [0.29, 0.717) is 11.1 Å². The van der Waals surface area contributed by atoms with E-state index in [1.165, 1.54) is 11.3 Å². The molecule has 0 aliphatic carbocycles. The molecule has 6 nitrogen and oxygen atoms in total. The number of amides is 2. The fourth-order valence-corrected chi connectivity index (χ4v) is 3.30. The van der Waals surface area contributed by atoms with E-state index in [1.807, 2.05) is 32.0 Å². The highest BCUT2D eigenvalue weighted by Gasteiger charge is 2.12. The predicted molar refractivity (Wildman–Crippen MR) is 95.1 cm³/mol. The van der Waals surface area contributed by atoms with E-state index in [9.17, 15) is 9.59 Å². The molecule has 0 aliphatic heterocycles. The average Bonchev–Trinajstić information content (AvgIpc) is 2.91. The number of carbonyl (C=O) groups excluding carboxylic acids is 1. The topological polar surface area (TPSA) is 91.3 Å². The van der Waals surface area contributed by atoms with Gasteiger partial charge in [0.2, 0.25) is 0 Å². The van der Waals surface area contributed by atoms with Crippen molar-refractivity contribution in [2.45, 2.75) is 13.8 Å². The Morgan fingerprint density at radius 1 is 1.08 bits per heavy atom. The standard InChI is InChI=1S/C17H15N3O3S/c1-9-4-3-5-10(2)14(9)19-15(21)11-6-7-12-13(8-11)24-16(18-12)20-17(22)23/h3-8H,1-2H3,(H,18,20)(H,19,21)(H,22,23). The summed E-state index contributed by atoms with van der Waals surface area (Å²) >= 11 is 1.19. The number of hydrogen-bond donors (Lipinski definition) is 3. The van der Waals surface area contributed by atoms with E-state index in [-0.39, 0.29) is 11.0 Å². The maximum atomic E-state index is 12.5. The maximum absolute atomic E-state index is 12.5. The number of rotatable bonds is 3. The number of thiazole rings is 1. The molecule has 24 heavy (non-hydrogen) atoms. The highest BCUT2D eigenvalue weighted by atomic mass is 32.1. The van der Waals surface area contributed by atoms with Gasteiger partial charge >= 0.3 is 6.09 Å². The number of nitrogens with zero attached hydrogens (tertiary/aromatic N) is 1. The fourth-order valence-electron chi connectivity index (χ4n) is 2.41. The SMILES string of the molecule is Cc1cccc(C)c1NC(=O)c1ccc2nc(NC(=O)O)sc2c1. The molecule has 3 rings (SSSR count). The molecule has 3 N–H and O–H groups in total. The summed E-state index contributed by atoms with van der Waals surface area (Å²) < 4.78 is 0.743. The molecule has 0 saturated heterocycles. The minimum atomic E-state index is -1.16. The van der Waals surface area contributed by atoms with Gasteiger partial charge in [-0.25, -0.2) is 9.78 Å². The number of para-hydroxylation sites is 1. The minimum absolute atomic E-state index is 0.213. The van der Waals surface area contributed by atoms with Crippen LogP contribution in [0.3, 0.4) is 0 Å². The number of aryl methyl sites for hydroxylation is 2. The molecule has 0 radical (unpaired) electrons. The van der Waals surface area contributed by atoms with Crippen molar-refractivity contribution >= 4 is 44.4 Å². The van der Waals surface area contributed by atoms with Crippen LogP contribution in [0.2, 0.25) is 0 Å². The lowest BCUT2D eigenvalue weighted by atomic mass is 10.1. The number of carbonyl (C=O) groups is 2. The first-order chi connectivity index (χ1) is 11.4. The molecule has 3 aromatic rings. The number of aromatic nitrogens is 1. The van der Waals surface area contributed by atoms with Crippen LogP contribution >= 0.6 is 11.3 Å². The third-order valence-electron chi connectivity index (χ3n) is 3.58. The van der Waals surface area contributed by atoms with Gasteiger partial charge in [-0.2, -0.15) is 0 Å². The van der Waals surface area contributed by atoms with Gasteiger partial charge in [-0.15, -0.1) is 0 Å². The second-order valence-electron chi connectivity index (χ2n) is 5.35. The van der Waals surface area contributed by atoms with Crippen molar-refractivity contribution in [2.24, 2.45) is 0 Å². The second-order valence-corrected chi connectivity index (χ2v) is 6.38. The summed E-state index contributed by atoms with van der Waals surface area (Å²) in [4.78, 5) is 27.3. The first kappa shape index (κ1) is 15.9. The number of fused-ring (bicyclic) bond motifs is 1. The molecule has 122 valence electrons. The molecule has 2 aromatic carbocycles. The summed E-state index contributed by atoms with van der Waals surface area (Å²) in [5.74, 6) is -0.213. The third kappa shape index (κ3) is 3.21. The second kappa shape index (κ2) is 6.29. The zero-order valence-corrected chi connectivity index (χ0v) is 13.9. The quantitative estimate of drug-likeness (QED) is 0.664. The van der Waals surface area contributed by atoms with Gasteiger partial charge in [0, 0.05) is 11.3 Å². The van der Waals surface area contributed by atoms with E-state index >= 15 is 0 Å². The lowest BCUT2D eigenvalue weighted by molar-refractivity contribution is 0.102. The monoisotopic (exact) mass is 341 g/mol. The highest BCUT2D eigenvalue weighted by molar-refractivity contribution is 7.22. The summed E-state index contributed by atoms with van der Waals surface area (Å²) in [5.41, 5.74) is 3.94. The Balaban J connectivity index is 1.88. The van der Waals surface area contributed by atoms with Crippen LogP contribution in [0.4, 0.5) is 15.6 Å². The van der Waals surface area contributed by atoms with Crippen molar-refractivity contribution < 1.29 is 14.7 Å². The number of benzene rings is 2. The first-order valence-corrected chi connectivity index (χ1v) is 8.04. The van der Waals surface area contributed by atoms with Crippen molar-refractivity contribution in [1.82, 2.24) is 4.98 Å². The van der Waals surface area contributed by atoms with Crippen molar-refractivity contribution in [3.63, 3.8) is 0 Å². The molecule has 0 atom stereocenters. The fraction of sp³-hybridized carbons (Fsp3) is 0.118. The average molecular weight is 341 g/mol. The summed E-state index contributed by atoms with van der Waals surface area (Å²) in [6.45, 7) is 3.89. The predicted octanol–water partition coefficient (Wildman–Crippen LogP) is 4.26. The number of carboxylic acid groups (broad SMARTS) is 1. The van der Waals surface area contributed by atoms with Crippen LogP contribution in [-0.2, 0) is 0 Å². The van der Waals surface area contributed by atoms with Gasteiger partial charge in [0.05, 0.1) is 10.2 Å². The lowest BCUT2D eigenvalue weighted by Crippen LogP contribution is -2.13.